The van der Waals surface area contributed by atoms with E-state index in [1.54, 1.807) is 12.5 Å². The van der Waals surface area contributed by atoms with Gasteiger partial charge in [0.1, 0.15) is 0 Å². The molecule has 1 rings (SSSR count). The van der Waals surface area contributed by atoms with Crippen molar-refractivity contribution in [3.8, 4) is 0 Å². The summed E-state index contributed by atoms with van der Waals surface area (Å²) in [4.78, 5) is 0. The second kappa shape index (κ2) is 6.60. The standard InChI is InChI=1S/C8H11NOS.C3H8/c1-11(2,10)9-8-6-4-3-5-7-8;1-3-2/h3-7H,1-2H3;3H2,1-2H3. The van der Waals surface area contributed by atoms with Crippen LogP contribution in [0.5, 0.6) is 0 Å². The van der Waals surface area contributed by atoms with E-state index in [2.05, 4.69) is 18.2 Å². The molecule has 0 radical (unpaired) electrons. The van der Waals surface area contributed by atoms with Crippen LogP contribution in [-0.2, 0) is 9.73 Å². The Bertz CT molecular complexity index is 343. The molecular weight excluding hydrogens is 194 g/mol. The van der Waals surface area contributed by atoms with Gasteiger partial charge in [-0.25, -0.2) is 4.21 Å². The minimum atomic E-state index is -2.00. The molecule has 1 aromatic carbocycles. The molecule has 0 N–H and O–H groups in total. The molecule has 2 nitrogen and oxygen atoms in total. The van der Waals surface area contributed by atoms with Crippen LogP contribution < -0.4 is 0 Å². The molecular formula is C11H19NOS. The van der Waals surface area contributed by atoms with Crippen molar-refractivity contribution >= 4 is 15.4 Å². The zero-order valence-corrected chi connectivity index (χ0v) is 10.2. The summed E-state index contributed by atoms with van der Waals surface area (Å²) in [6.07, 6.45) is 4.50. The molecule has 80 valence electrons. The maximum absolute atomic E-state index is 11.2. The van der Waals surface area contributed by atoms with Crippen molar-refractivity contribution in [2.75, 3.05) is 12.5 Å². The van der Waals surface area contributed by atoms with Gasteiger partial charge in [0.25, 0.3) is 0 Å². The molecule has 0 aliphatic heterocycles. The van der Waals surface area contributed by atoms with Crippen LogP contribution in [0.3, 0.4) is 0 Å². The Morgan fingerprint density at radius 1 is 1.14 bits per heavy atom. The lowest BCUT2D eigenvalue weighted by Gasteiger charge is -1.94. The molecule has 0 amide bonds. The Morgan fingerprint density at radius 2 is 1.57 bits per heavy atom. The average Bonchev–Trinajstić information content (AvgIpc) is 2.04. The van der Waals surface area contributed by atoms with Gasteiger partial charge >= 0.3 is 0 Å². The van der Waals surface area contributed by atoms with Crippen molar-refractivity contribution in [3.63, 3.8) is 0 Å². The first kappa shape index (κ1) is 13.2. The lowest BCUT2D eigenvalue weighted by molar-refractivity contribution is 0.684. The van der Waals surface area contributed by atoms with E-state index >= 15 is 0 Å². The van der Waals surface area contributed by atoms with E-state index in [4.69, 9.17) is 0 Å². The highest BCUT2D eigenvalue weighted by atomic mass is 32.2. The highest BCUT2D eigenvalue weighted by molar-refractivity contribution is 7.92. The molecule has 14 heavy (non-hydrogen) atoms. The monoisotopic (exact) mass is 213 g/mol. The summed E-state index contributed by atoms with van der Waals surface area (Å²) in [5.41, 5.74) is 0.780. The zero-order chi connectivity index (χ0) is 11.0. The number of hydrogen-bond donors (Lipinski definition) is 0. The van der Waals surface area contributed by atoms with Gasteiger partial charge in [0.15, 0.2) is 0 Å². The lowest BCUT2D eigenvalue weighted by Crippen LogP contribution is -1.88. The van der Waals surface area contributed by atoms with Gasteiger partial charge in [-0.2, -0.15) is 4.36 Å². The minimum Gasteiger partial charge on any atom is -0.250 e. The summed E-state index contributed by atoms with van der Waals surface area (Å²) in [6, 6.07) is 9.35. The van der Waals surface area contributed by atoms with Crippen LogP contribution in [0.4, 0.5) is 5.69 Å². The smallest absolute Gasteiger partial charge is 0.0730 e. The summed E-state index contributed by atoms with van der Waals surface area (Å²) in [5.74, 6) is 0. The SMILES string of the molecule is CCC.CS(C)(=O)=Nc1ccccc1. The Morgan fingerprint density at radius 3 is 1.93 bits per heavy atom. The fraction of sp³-hybridized carbons (Fsp3) is 0.455. The van der Waals surface area contributed by atoms with Crippen molar-refractivity contribution in [2.45, 2.75) is 20.3 Å². The summed E-state index contributed by atoms with van der Waals surface area (Å²) in [6.45, 7) is 4.25. The Balaban J connectivity index is 0.000000500. The van der Waals surface area contributed by atoms with E-state index in [0.717, 1.165) is 5.69 Å². The maximum Gasteiger partial charge on any atom is 0.0730 e. The quantitative estimate of drug-likeness (QED) is 0.702. The number of nitrogens with zero attached hydrogens (tertiary/aromatic N) is 1. The summed E-state index contributed by atoms with van der Waals surface area (Å²) in [7, 11) is -2.00. The van der Waals surface area contributed by atoms with Crippen molar-refractivity contribution < 1.29 is 4.21 Å². The molecule has 0 unspecified atom stereocenters. The van der Waals surface area contributed by atoms with E-state index in [1.807, 2.05) is 30.3 Å². The first-order valence-corrected chi connectivity index (χ1v) is 7.05. The predicted molar refractivity (Wildman–Crippen MR) is 64.5 cm³/mol. The van der Waals surface area contributed by atoms with Gasteiger partial charge in [-0.1, -0.05) is 38.5 Å². The molecule has 0 spiro atoms. The molecule has 1 aromatic rings. The van der Waals surface area contributed by atoms with Crippen LogP contribution in [0, 0.1) is 0 Å². The highest BCUT2D eigenvalue weighted by Gasteiger charge is 1.89. The molecule has 0 bridgehead atoms. The molecule has 0 aromatic heterocycles. The molecule has 0 heterocycles. The van der Waals surface area contributed by atoms with Crippen LogP contribution in [0.2, 0.25) is 0 Å². The molecule has 0 atom stereocenters. The number of hydrogen-bond acceptors (Lipinski definition) is 2. The lowest BCUT2D eigenvalue weighted by atomic mass is 10.3. The Kier molecular flexibility index (Phi) is 6.21. The third-order valence-electron chi connectivity index (χ3n) is 1.08. The minimum absolute atomic E-state index is 0.780. The second-order valence-electron chi connectivity index (χ2n) is 3.32. The van der Waals surface area contributed by atoms with Crippen LogP contribution in [0.25, 0.3) is 0 Å². The predicted octanol–water partition coefficient (Wildman–Crippen LogP) is 3.46. The largest absolute Gasteiger partial charge is 0.250 e. The number of rotatable bonds is 1. The zero-order valence-electron chi connectivity index (χ0n) is 9.36. The van der Waals surface area contributed by atoms with E-state index in [-0.39, 0.29) is 0 Å². The highest BCUT2D eigenvalue weighted by Crippen LogP contribution is 2.11. The number of benzene rings is 1. The van der Waals surface area contributed by atoms with Crippen LogP contribution in [-0.4, -0.2) is 16.7 Å². The second-order valence-corrected chi connectivity index (χ2v) is 5.86. The van der Waals surface area contributed by atoms with Crippen molar-refractivity contribution in [2.24, 2.45) is 4.36 Å². The van der Waals surface area contributed by atoms with Gasteiger partial charge in [-0.15, -0.1) is 0 Å². The van der Waals surface area contributed by atoms with E-state index in [1.165, 1.54) is 6.42 Å². The van der Waals surface area contributed by atoms with Gasteiger partial charge in [-0.05, 0) is 12.1 Å². The average molecular weight is 213 g/mol. The molecule has 0 saturated carbocycles. The van der Waals surface area contributed by atoms with E-state index in [9.17, 15) is 4.21 Å². The van der Waals surface area contributed by atoms with Crippen LogP contribution in [0.1, 0.15) is 20.3 Å². The summed E-state index contributed by atoms with van der Waals surface area (Å²) >= 11 is 0. The van der Waals surface area contributed by atoms with Gasteiger partial charge < -0.3 is 0 Å². The molecule has 0 fully saturated rings. The fourth-order valence-corrected chi connectivity index (χ4v) is 1.37. The van der Waals surface area contributed by atoms with Gasteiger partial charge in [0.2, 0.25) is 0 Å². The normalized spacial score (nSPS) is 10.0. The van der Waals surface area contributed by atoms with Crippen molar-refractivity contribution in [3.05, 3.63) is 30.3 Å². The van der Waals surface area contributed by atoms with Gasteiger partial charge in [-0.3, -0.25) is 0 Å². The fourth-order valence-electron chi connectivity index (χ4n) is 0.743. The van der Waals surface area contributed by atoms with Crippen LogP contribution >= 0.6 is 0 Å². The van der Waals surface area contributed by atoms with E-state index < -0.39 is 9.73 Å². The Labute approximate surface area is 87.5 Å². The first-order chi connectivity index (χ1) is 6.49. The molecule has 0 aliphatic rings. The summed E-state index contributed by atoms with van der Waals surface area (Å²) in [5, 5.41) is 0. The van der Waals surface area contributed by atoms with Crippen molar-refractivity contribution in [1.82, 2.24) is 0 Å². The Hall–Kier alpha value is -0.830. The van der Waals surface area contributed by atoms with Crippen LogP contribution in [0.15, 0.2) is 34.7 Å². The third-order valence-corrected chi connectivity index (χ3v) is 1.73. The molecule has 0 aliphatic carbocycles. The summed E-state index contributed by atoms with van der Waals surface area (Å²) < 4.78 is 15.2. The van der Waals surface area contributed by atoms with Gasteiger partial charge in [0.05, 0.1) is 5.69 Å². The van der Waals surface area contributed by atoms with Gasteiger partial charge in [0, 0.05) is 22.2 Å². The third kappa shape index (κ3) is 7.80. The maximum atomic E-state index is 11.2. The molecule has 0 saturated heterocycles. The topological polar surface area (TPSA) is 29.4 Å². The first-order valence-electron chi connectivity index (χ1n) is 4.71. The van der Waals surface area contributed by atoms with E-state index in [0.29, 0.717) is 0 Å². The van der Waals surface area contributed by atoms with Crippen molar-refractivity contribution in [1.29, 1.82) is 0 Å². The molecule has 3 heteroatoms.